The first-order chi connectivity index (χ1) is 8.75. The van der Waals surface area contributed by atoms with Gasteiger partial charge >= 0.3 is 7.60 Å². The molecule has 0 amide bonds. The smallest absolute Gasteiger partial charge is 0.313 e. The van der Waals surface area contributed by atoms with Crippen LogP contribution in [0.1, 0.15) is 62.3 Å². The number of hydrogen-bond acceptors (Lipinski definition) is 5. The van der Waals surface area contributed by atoms with Crippen LogP contribution in [0.4, 0.5) is 0 Å². The van der Waals surface area contributed by atoms with E-state index in [-0.39, 0.29) is 12.7 Å². The van der Waals surface area contributed by atoms with Crippen LogP contribution in [-0.2, 0) is 13.6 Å². The number of hydrogen-bond donors (Lipinski definition) is 1. The van der Waals surface area contributed by atoms with Crippen molar-refractivity contribution in [2.45, 2.75) is 79.7 Å². The summed E-state index contributed by atoms with van der Waals surface area (Å²) in [5, 5.41) is 11.7. The normalized spacial score (nSPS) is 18.4. The molecule has 0 spiro atoms. The van der Waals surface area contributed by atoms with Crippen molar-refractivity contribution in [1.29, 1.82) is 0 Å². The molecule has 0 aromatic rings. The summed E-state index contributed by atoms with van der Waals surface area (Å²) < 4.78 is 24.3. The Morgan fingerprint density at radius 2 is 1.60 bits per heavy atom. The Labute approximate surface area is 124 Å². The van der Waals surface area contributed by atoms with Crippen molar-refractivity contribution in [3.63, 3.8) is 0 Å². The van der Waals surface area contributed by atoms with E-state index in [4.69, 9.17) is 9.05 Å². The predicted molar refractivity (Wildman–Crippen MR) is 82.1 cm³/mol. The van der Waals surface area contributed by atoms with Crippen molar-refractivity contribution in [1.82, 2.24) is 5.06 Å². The van der Waals surface area contributed by atoms with Crippen molar-refractivity contribution >= 4 is 7.60 Å². The molecule has 122 valence electrons. The Bertz CT molecular complexity index is 344. The molecule has 0 rings (SSSR count). The summed E-state index contributed by atoms with van der Waals surface area (Å²) in [6.07, 6.45) is -0.245. The molecular formula is C14H32NO4P. The number of hydroxylamine groups is 2. The van der Waals surface area contributed by atoms with E-state index in [0.717, 1.165) is 5.06 Å². The topological polar surface area (TPSA) is 59.0 Å². The van der Waals surface area contributed by atoms with Gasteiger partial charge in [-0.15, -0.1) is 0 Å². The first-order valence-electron chi connectivity index (χ1n) is 7.16. The van der Waals surface area contributed by atoms with Crippen LogP contribution < -0.4 is 0 Å². The summed E-state index contributed by atoms with van der Waals surface area (Å²) in [7, 11) is -3.48. The highest BCUT2D eigenvalue weighted by Gasteiger charge is 2.50. The largest absolute Gasteiger partial charge is 0.350 e. The van der Waals surface area contributed by atoms with Crippen LogP contribution in [0.3, 0.4) is 0 Å². The van der Waals surface area contributed by atoms with Gasteiger partial charge in [-0.2, -0.15) is 5.06 Å². The van der Waals surface area contributed by atoms with E-state index in [9.17, 15) is 9.77 Å². The zero-order chi connectivity index (χ0) is 16.4. The monoisotopic (exact) mass is 309 g/mol. The lowest BCUT2D eigenvalue weighted by Gasteiger charge is -2.45. The lowest BCUT2D eigenvalue weighted by molar-refractivity contribution is -0.191. The Morgan fingerprint density at radius 1 is 1.15 bits per heavy atom. The first kappa shape index (κ1) is 20.1. The minimum atomic E-state index is -3.48. The van der Waals surface area contributed by atoms with Gasteiger partial charge in [0.25, 0.3) is 0 Å². The highest BCUT2D eigenvalue weighted by molar-refractivity contribution is 7.54. The molecule has 0 bridgehead atoms. The summed E-state index contributed by atoms with van der Waals surface area (Å²) in [5.74, 6) is -0.739. The van der Waals surface area contributed by atoms with Gasteiger partial charge in [0, 0.05) is 5.54 Å². The lowest BCUT2D eigenvalue weighted by Crippen LogP contribution is -2.51. The minimum Gasteiger partial charge on any atom is -0.313 e. The maximum absolute atomic E-state index is 13.2. The summed E-state index contributed by atoms with van der Waals surface area (Å²) in [5.41, 5.74) is -1.04. The zero-order valence-electron chi connectivity index (χ0n) is 14.4. The van der Waals surface area contributed by atoms with Gasteiger partial charge in [0.15, 0.2) is 0 Å². The summed E-state index contributed by atoms with van der Waals surface area (Å²) in [6, 6.07) is 0. The third-order valence-corrected chi connectivity index (χ3v) is 5.59. The Hall–Kier alpha value is 0.0700. The average Bonchev–Trinajstić information content (AvgIpc) is 2.11. The molecule has 20 heavy (non-hydrogen) atoms. The second kappa shape index (κ2) is 6.89. The van der Waals surface area contributed by atoms with Gasteiger partial charge < -0.3 is 14.3 Å². The van der Waals surface area contributed by atoms with E-state index in [1.165, 1.54) is 0 Å². The molecule has 0 aliphatic rings. The van der Waals surface area contributed by atoms with E-state index in [1.54, 1.807) is 6.92 Å². The molecule has 0 aliphatic heterocycles. The van der Waals surface area contributed by atoms with Crippen LogP contribution in [0.2, 0.25) is 0 Å². The highest BCUT2D eigenvalue weighted by atomic mass is 31.2. The van der Waals surface area contributed by atoms with Gasteiger partial charge in [-0.05, 0) is 47.0 Å². The highest BCUT2D eigenvalue weighted by Crippen LogP contribution is 2.60. The van der Waals surface area contributed by atoms with Crippen molar-refractivity contribution in [3.05, 3.63) is 0 Å². The molecule has 0 saturated carbocycles. The molecule has 2 atom stereocenters. The molecule has 1 N–H and O–H groups in total. The van der Waals surface area contributed by atoms with Gasteiger partial charge in [-0.1, -0.05) is 20.8 Å². The second-order valence-electron chi connectivity index (χ2n) is 7.37. The van der Waals surface area contributed by atoms with Crippen molar-refractivity contribution in [2.75, 3.05) is 6.61 Å². The molecule has 2 unspecified atom stereocenters. The third kappa shape index (κ3) is 5.45. The second-order valence-corrected chi connectivity index (χ2v) is 9.40. The quantitative estimate of drug-likeness (QED) is 0.578. The predicted octanol–water partition coefficient (Wildman–Crippen LogP) is 4.50. The summed E-state index contributed by atoms with van der Waals surface area (Å²) in [4.78, 5) is 0. The van der Waals surface area contributed by atoms with Gasteiger partial charge in [0.2, 0.25) is 0 Å². The maximum atomic E-state index is 13.2. The molecule has 0 radical (unpaired) electrons. The van der Waals surface area contributed by atoms with Gasteiger partial charge in [0.1, 0.15) is 5.78 Å². The Balaban J connectivity index is 5.75. The molecule has 0 fully saturated rings. The molecule has 0 heterocycles. The van der Waals surface area contributed by atoms with Crippen LogP contribution in [0.5, 0.6) is 0 Å². The van der Waals surface area contributed by atoms with Crippen LogP contribution in [0.25, 0.3) is 0 Å². The molecule has 6 heteroatoms. The van der Waals surface area contributed by atoms with Crippen molar-refractivity contribution in [2.24, 2.45) is 5.41 Å². The van der Waals surface area contributed by atoms with E-state index in [2.05, 4.69) is 0 Å². The van der Waals surface area contributed by atoms with Gasteiger partial charge in [-0.25, -0.2) is 0 Å². The third-order valence-electron chi connectivity index (χ3n) is 2.66. The zero-order valence-corrected chi connectivity index (χ0v) is 15.3. The molecule has 0 aromatic heterocycles. The summed E-state index contributed by atoms with van der Waals surface area (Å²) >= 11 is 0. The fraction of sp³-hybridized carbons (Fsp3) is 1.00. The van der Waals surface area contributed by atoms with Crippen molar-refractivity contribution < 1.29 is 18.8 Å². The Kier molecular flexibility index (Phi) is 6.91. The fourth-order valence-electron chi connectivity index (χ4n) is 1.97. The SMILES string of the molecule is CCOP(=O)(OC(C)C)C(N(O)C(C)(C)C)C(C)(C)C. The summed E-state index contributed by atoms with van der Waals surface area (Å²) in [6.45, 7) is 17.0. The van der Waals surface area contributed by atoms with Crippen LogP contribution in [0.15, 0.2) is 0 Å². The van der Waals surface area contributed by atoms with E-state index in [0.29, 0.717) is 0 Å². The van der Waals surface area contributed by atoms with E-state index >= 15 is 0 Å². The van der Waals surface area contributed by atoms with Gasteiger partial charge in [0.05, 0.1) is 12.7 Å². The lowest BCUT2D eigenvalue weighted by atomic mass is 9.94. The van der Waals surface area contributed by atoms with Crippen LogP contribution >= 0.6 is 7.60 Å². The van der Waals surface area contributed by atoms with E-state index in [1.807, 2.05) is 55.4 Å². The molecule has 0 aliphatic carbocycles. The molecular weight excluding hydrogens is 277 g/mol. The number of rotatable bonds is 6. The fourth-order valence-corrected chi connectivity index (χ4v) is 4.80. The van der Waals surface area contributed by atoms with Crippen LogP contribution in [-0.4, -0.2) is 34.3 Å². The first-order valence-corrected chi connectivity index (χ1v) is 8.77. The average molecular weight is 309 g/mol. The van der Waals surface area contributed by atoms with Gasteiger partial charge in [-0.3, -0.25) is 4.57 Å². The molecule has 0 saturated heterocycles. The number of nitrogens with zero attached hydrogens (tertiary/aromatic N) is 1. The minimum absolute atomic E-state index is 0.245. The Morgan fingerprint density at radius 3 is 1.85 bits per heavy atom. The van der Waals surface area contributed by atoms with Crippen LogP contribution in [0, 0.1) is 5.41 Å². The van der Waals surface area contributed by atoms with Crippen molar-refractivity contribution in [3.8, 4) is 0 Å². The van der Waals surface area contributed by atoms with E-state index < -0.39 is 24.3 Å². The maximum Gasteiger partial charge on any atom is 0.350 e. The molecule has 5 nitrogen and oxygen atoms in total. The standard InChI is InChI=1S/C14H32NO4P/c1-10-18-20(17,19-11(2)3)12(13(4,5)6)15(16)14(7,8)9/h11-12,16H,10H2,1-9H3. The molecule has 0 aromatic carbocycles.